The largest absolute Gasteiger partial charge is 0.504 e. The van der Waals surface area contributed by atoms with Crippen molar-refractivity contribution in [2.24, 2.45) is 0 Å². The van der Waals surface area contributed by atoms with Crippen LogP contribution in [0.4, 0.5) is 5.69 Å². The number of nitrogens with zero attached hydrogens (tertiary/aromatic N) is 2. The van der Waals surface area contributed by atoms with Gasteiger partial charge >= 0.3 is 0 Å². The Balaban J connectivity index is 2.24. The molecule has 5 heteroatoms. The van der Waals surface area contributed by atoms with Crippen molar-refractivity contribution in [3.8, 4) is 17.2 Å². The molecule has 3 N–H and O–H groups in total. The zero-order chi connectivity index (χ0) is 11.7. The summed E-state index contributed by atoms with van der Waals surface area (Å²) in [5, 5.41) is 28.4. The van der Waals surface area contributed by atoms with E-state index in [9.17, 15) is 15.3 Å². The molecule has 1 aliphatic heterocycles. The van der Waals surface area contributed by atoms with E-state index in [4.69, 9.17) is 0 Å². The molecule has 0 radical (unpaired) electrons. The van der Waals surface area contributed by atoms with Crippen molar-refractivity contribution in [2.45, 2.75) is 0 Å². The molecule has 1 aromatic rings. The minimum absolute atomic E-state index is 0.246. The van der Waals surface area contributed by atoms with Crippen LogP contribution in [0.5, 0.6) is 17.2 Å². The third kappa shape index (κ3) is 1.86. The molecule has 0 bridgehead atoms. The first-order valence-electron chi connectivity index (χ1n) is 5.27. The third-order valence-electron chi connectivity index (χ3n) is 2.95. The van der Waals surface area contributed by atoms with E-state index < -0.39 is 5.75 Å². The van der Waals surface area contributed by atoms with Crippen LogP contribution in [0.2, 0.25) is 0 Å². The Bertz CT molecular complexity index is 387. The molecule has 0 aliphatic carbocycles. The second-order valence-electron chi connectivity index (χ2n) is 4.09. The summed E-state index contributed by atoms with van der Waals surface area (Å²) in [5.74, 6) is -0.989. The van der Waals surface area contributed by atoms with E-state index in [0.29, 0.717) is 5.69 Å². The molecular weight excluding hydrogens is 208 g/mol. The topological polar surface area (TPSA) is 67.2 Å². The van der Waals surface area contributed by atoms with Gasteiger partial charge in [-0.15, -0.1) is 0 Å². The molecular formula is C11H16N2O3. The summed E-state index contributed by atoms with van der Waals surface area (Å²) in [6.07, 6.45) is 0. The average molecular weight is 224 g/mol. The summed E-state index contributed by atoms with van der Waals surface area (Å²) < 4.78 is 0. The first kappa shape index (κ1) is 10.9. The number of hydrogen-bond acceptors (Lipinski definition) is 5. The lowest BCUT2D eigenvalue weighted by Gasteiger charge is -2.34. The van der Waals surface area contributed by atoms with Crippen molar-refractivity contribution in [2.75, 3.05) is 38.1 Å². The van der Waals surface area contributed by atoms with E-state index in [1.165, 1.54) is 6.07 Å². The van der Waals surface area contributed by atoms with E-state index >= 15 is 0 Å². The highest BCUT2D eigenvalue weighted by molar-refractivity contribution is 5.67. The van der Waals surface area contributed by atoms with Gasteiger partial charge in [0.2, 0.25) is 5.75 Å². The zero-order valence-electron chi connectivity index (χ0n) is 9.22. The molecule has 88 valence electrons. The van der Waals surface area contributed by atoms with Gasteiger partial charge in [-0.2, -0.15) is 0 Å². The highest BCUT2D eigenvalue weighted by atomic mass is 16.3. The smallest absolute Gasteiger partial charge is 0.202 e. The Labute approximate surface area is 94.2 Å². The number of aromatic hydroxyl groups is 3. The molecule has 0 spiro atoms. The maximum Gasteiger partial charge on any atom is 0.202 e. The number of piperazine rings is 1. The van der Waals surface area contributed by atoms with Crippen LogP contribution in [0, 0.1) is 0 Å². The molecule has 0 unspecified atom stereocenters. The maximum absolute atomic E-state index is 9.73. The average Bonchev–Trinajstić information content (AvgIpc) is 2.28. The van der Waals surface area contributed by atoms with Gasteiger partial charge in [0.15, 0.2) is 11.5 Å². The molecule has 0 saturated carbocycles. The minimum Gasteiger partial charge on any atom is -0.504 e. The van der Waals surface area contributed by atoms with Gasteiger partial charge in [0.25, 0.3) is 0 Å². The van der Waals surface area contributed by atoms with Gasteiger partial charge in [-0.05, 0) is 19.2 Å². The fraction of sp³-hybridized carbons (Fsp3) is 0.455. The van der Waals surface area contributed by atoms with Crippen molar-refractivity contribution in [1.82, 2.24) is 4.90 Å². The number of phenolic OH excluding ortho intramolecular Hbond substituents is 3. The van der Waals surface area contributed by atoms with Crippen molar-refractivity contribution in [3.63, 3.8) is 0 Å². The van der Waals surface area contributed by atoms with Crippen LogP contribution in [-0.2, 0) is 0 Å². The predicted octanol–water partition coefficient (Wildman–Crippen LogP) is 0.555. The molecule has 1 heterocycles. The highest BCUT2D eigenvalue weighted by Crippen LogP contribution is 2.41. The number of likely N-dealkylation sites (N-methyl/N-ethyl adjacent to an activating group) is 1. The van der Waals surface area contributed by atoms with E-state index in [2.05, 4.69) is 4.90 Å². The fourth-order valence-electron chi connectivity index (χ4n) is 1.86. The molecule has 1 aromatic carbocycles. The van der Waals surface area contributed by atoms with Crippen LogP contribution in [0.1, 0.15) is 0 Å². The number of anilines is 1. The summed E-state index contributed by atoms with van der Waals surface area (Å²) >= 11 is 0. The maximum atomic E-state index is 9.73. The molecule has 1 fully saturated rings. The molecule has 5 nitrogen and oxygen atoms in total. The van der Waals surface area contributed by atoms with E-state index in [1.54, 1.807) is 6.07 Å². The van der Waals surface area contributed by atoms with Crippen LogP contribution in [0.15, 0.2) is 12.1 Å². The molecule has 0 atom stereocenters. The van der Waals surface area contributed by atoms with Crippen LogP contribution < -0.4 is 4.90 Å². The van der Waals surface area contributed by atoms with Crippen LogP contribution in [0.25, 0.3) is 0 Å². The van der Waals surface area contributed by atoms with Gasteiger partial charge in [-0.3, -0.25) is 0 Å². The third-order valence-corrected chi connectivity index (χ3v) is 2.95. The molecule has 0 aromatic heterocycles. The zero-order valence-corrected chi connectivity index (χ0v) is 9.22. The second kappa shape index (κ2) is 4.09. The molecule has 0 amide bonds. The monoisotopic (exact) mass is 224 g/mol. The summed E-state index contributed by atoms with van der Waals surface area (Å²) in [4.78, 5) is 4.20. The van der Waals surface area contributed by atoms with Crippen molar-refractivity contribution >= 4 is 5.69 Å². The van der Waals surface area contributed by atoms with Gasteiger partial charge in [0.05, 0.1) is 5.69 Å². The highest BCUT2D eigenvalue weighted by Gasteiger charge is 2.19. The van der Waals surface area contributed by atoms with Gasteiger partial charge in [0.1, 0.15) is 0 Å². The summed E-state index contributed by atoms with van der Waals surface area (Å²) in [6, 6.07) is 3.01. The van der Waals surface area contributed by atoms with Gasteiger partial charge in [-0.25, -0.2) is 0 Å². The lowest BCUT2D eigenvalue weighted by atomic mass is 10.2. The van der Waals surface area contributed by atoms with Crippen molar-refractivity contribution in [3.05, 3.63) is 12.1 Å². The van der Waals surface area contributed by atoms with E-state index in [0.717, 1.165) is 26.2 Å². The van der Waals surface area contributed by atoms with Crippen molar-refractivity contribution in [1.29, 1.82) is 0 Å². The normalized spacial score (nSPS) is 17.7. The predicted molar refractivity (Wildman–Crippen MR) is 61.1 cm³/mol. The number of hydrogen-bond donors (Lipinski definition) is 3. The van der Waals surface area contributed by atoms with Gasteiger partial charge in [-0.1, -0.05) is 0 Å². The Morgan fingerprint density at radius 2 is 1.56 bits per heavy atom. The summed E-state index contributed by atoms with van der Waals surface area (Å²) in [7, 11) is 2.05. The first-order valence-corrected chi connectivity index (χ1v) is 5.27. The molecule has 16 heavy (non-hydrogen) atoms. The Morgan fingerprint density at radius 1 is 0.938 bits per heavy atom. The van der Waals surface area contributed by atoms with Gasteiger partial charge < -0.3 is 25.1 Å². The van der Waals surface area contributed by atoms with Gasteiger partial charge in [0, 0.05) is 26.2 Å². The first-order chi connectivity index (χ1) is 7.59. The number of phenols is 3. The Morgan fingerprint density at radius 3 is 2.19 bits per heavy atom. The van der Waals surface area contributed by atoms with Crippen LogP contribution >= 0.6 is 0 Å². The van der Waals surface area contributed by atoms with Crippen molar-refractivity contribution < 1.29 is 15.3 Å². The Hall–Kier alpha value is -1.62. The second-order valence-corrected chi connectivity index (χ2v) is 4.09. The van der Waals surface area contributed by atoms with Crippen LogP contribution in [0.3, 0.4) is 0 Å². The molecule has 1 saturated heterocycles. The number of rotatable bonds is 1. The minimum atomic E-state index is -0.448. The number of benzene rings is 1. The quantitative estimate of drug-likeness (QED) is 0.608. The van der Waals surface area contributed by atoms with Crippen LogP contribution in [-0.4, -0.2) is 53.4 Å². The Kier molecular flexibility index (Phi) is 2.78. The summed E-state index contributed by atoms with van der Waals surface area (Å²) in [5.41, 5.74) is 0.573. The SMILES string of the molecule is CN1CCN(c2ccc(O)c(O)c2O)CC1. The fourth-order valence-corrected chi connectivity index (χ4v) is 1.86. The lowest BCUT2D eigenvalue weighted by Crippen LogP contribution is -2.44. The molecule has 2 rings (SSSR count). The van der Waals surface area contributed by atoms with E-state index in [1.807, 2.05) is 11.9 Å². The molecule has 1 aliphatic rings. The standard InChI is InChI=1S/C11H16N2O3/c1-12-4-6-13(7-5-12)8-2-3-9(14)11(16)10(8)15/h2-3,14-16H,4-7H2,1H3. The summed E-state index contributed by atoms with van der Waals surface area (Å²) in [6.45, 7) is 3.44. The lowest BCUT2D eigenvalue weighted by molar-refractivity contribution is 0.310. The van der Waals surface area contributed by atoms with E-state index in [-0.39, 0.29) is 11.5 Å².